The highest BCUT2D eigenvalue weighted by Crippen LogP contribution is 2.37. The van der Waals surface area contributed by atoms with Crippen LogP contribution in [0.25, 0.3) is 21.9 Å². The zero-order valence-corrected chi connectivity index (χ0v) is 9.47. The Kier molecular flexibility index (Phi) is 2.23. The molecule has 4 heteroatoms. The molecule has 0 spiro atoms. The molecule has 90 valence electrons. The summed E-state index contributed by atoms with van der Waals surface area (Å²) in [5.41, 5.74) is 0.897. The van der Waals surface area contributed by atoms with Crippen molar-refractivity contribution in [2.75, 3.05) is 0 Å². The number of rotatable bonds is 2. The fraction of sp³-hybridized carbons (Fsp3) is 0.0714. The molecule has 0 radical (unpaired) electrons. The monoisotopic (exact) mass is 242 g/mol. The van der Waals surface area contributed by atoms with Gasteiger partial charge in [0.1, 0.15) is 0 Å². The molecule has 1 aromatic carbocycles. The van der Waals surface area contributed by atoms with Gasteiger partial charge >= 0.3 is 5.63 Å². The second kappa shape index (κ2) is 3.77. The lowest BCUT2D eigenvalue weighted by Crippen LogP contribution is -1.97. The first kappa shape index (κ1) is 10.7. The van der Waals surface area contributed by atoms with Gasteiger partial charge in [-0.05, 0) is 24.1 Å². The minimum absolute atomic E-state index is 0.143. The highest BCUT2D eigenvalue weighted by Gasteiger charge is 2.16. The zero-order chi connectivity index (χ0) is 12.7. The minimum Gasteiger partial charge on any atom is -0.502 e. The van der Waals surface area contributed by atoms with E-state index in [1.54, 1.807) is 18.2 Å². The van der Waals surface area contributed by atoms with Crippen molar-refractivity contribution < 1.29 is 13.9 Å². The SMILES string of the molecule is C=CCc1c2ccoc2c(O)c2oc(=O)ccc12. The summed E-state index contributed by atoms with van der Waals surface area (Å²) in [7, 11) is 0. The summed E-state index contributed by atoms with van der Waals surface area (Å²) in [5, 5.41) is 11.6. The minimum atomic E-state index is -0.506. The molecule has 0 fully saturated rings. The lowest BCUT2D eigenvalue weighted by Gasteiger charge is -2.06. The molecule has 0 saturated carbocycles. The van der Waals surface area contributed by atoms with Crippen molar-refractivity contribution in [3.05, 3.63) is 53.1 Å². The molecule has 0 saturated heterocycles. The molecule has 0 atom stereocenters. The van der Waals surface area contributed by atoms with Crippen LogP contribution in [0.3, 0.4) is 0 Å². The van der Waals surface area contributed by atoms with Crippen LogP contribution in [-0.4, -0.2) is 5.11 Å². The number of furan rings is 1. The average Bonchev–Trinajstić information content (AvgIpc) is 2.84. The number of allylic oxidation sites excluding steroid dienone is 1. The summed E-state index contributed by atoms with van der Waals surface area (Å²) >= 11 is 0. The first-order valence-corrected chi connectivity index (χ1v) is 5.48. The molecule has 0 aliphatic carbocycles. The van der Waals surface area contributed by atoms with E-state index in [-0.39, 0.29) is 11.3 Å². The summed E-state index contributed by atoms with van der Waals surface area (Å²) in [5.74, 6) is -0.143. The van der Waals surface area contributed by atoms with E-state index in [1.807, 2.05) is 0 Å². The summed E-state index contributed by atoms with van der Waals surface area (Å²) in [4.78, 5) is 11.3. The van der Waals surface area contributed by atoms with Gasteiger partial charge in [-0.2, -0.15) is 0 Å². The fourth-order valence-electron chi connectivity index (χ4n) is 2.17. The Labute approximate surface area is 102 Å². The molecule has 0 unspecified atom stereocenters. The molecule has 3 rings (SSSR count). The third-order valence-corrected chi connectivity index (χ3v) is 2.93. The van der Waals surface area contributed by atoms with Crippen LogP contribution in [0.4, 0.5) is 0 Å². The van der Waals surface area contributed by atoms with E-state index in [9.17, 15) is 9.90 Å². The van der Waals surface area contributed by atoms with Crippen molar-refractivity contribution in [1.29, 1.82) is 0 Å². The Morgan fingerprint density at radius 3 is 2.78 bits per heavy atom. The number of phenols is 1. The molecule has 2 aromatic heterocycles. The van der Waals surface area contributed by atoms with Gasteiger partial charge in [0.25, 0.3) is 0 Å². The average molecular weight is 242 g/mol. The Morgan fingerprint density at radius 1 is 1.22 bits per heavy atom. The van der Waals surface area contributed by atoms with E-state index in [4.69, 9.17) is 8.83 Å². The van der Waals surface area contributed by atoms with Crippen molar-refractivity contribution in [3.63, 3.8) is 0 Å². The van der Waals surface area contributed by atoms with Gasteiger partial charge < -0.3 is 13.9 Å². The molecule has 18 heavy (non-hydrogen) atoms. The normalized spacial score (nSPS) is 11.1. The van der Waals surface area contributed by atoms with Crippen LogP contribution >= 0.6 is 0 Å². The maximum atomic E-state index is 11.3. The zero-order valence-electron chi connectivity index (χ0n) is 9.47. The van der Waals surface area contributed by atoms with E-state index in [0.717, 1.165) is 10.9 Å². The molecule has 0 aliphatic rings. The highest BCUT2D eigenvalue weighted by atomic mass is 16.4. The van der Waals surface area contributed by atoms with Gasteiger partial charge in [0.15, 0.2) is 11.2 Å². The second-order valence-corrected chi connectivity index (χ2v) is 3.98. The van der Waals surface area contributed by atoms with Crippen LogP contribution in [0.15, 0.2) is 50.7 Å². The number of hydrogen-bond acceptors (Lipinski definition) is 4. The van der Waals surface area contributed by atoms with Crippen LogP contribution in [0.5, 0.6) is 5.75 Å². The van der Waals surface area contributed by atoms with Crippen LogP contribution in [0.1, 0.15) is 5.56 Å². The fourth-order valence-corrected chi connectivity index (χ4v) is 2.17. The smallest absolute Gasteiger partial charge is 0.336 e. The lowest BCUT2D eigenvalue weighted by atomic mass is 10.0. The molecule has 2 heterocycles. The number of phenolic OH excluding ortho intramolecular Hbond substituents is 1. The Morgan fingerprint density at radius 2 is 2.00 bits per heavy atom. The molecule has 3 aromatic rings. The van der Waals surface area contributed by atoms with Crippen LogP contribution < -0.4 is 5.63 Å². The number of benzene rings is 1. The molecule has 1 N–H and O–H groups in total. The molecule has 0 aliphatic heterocycles. The van der Waals surface area contributed by atoms with Crippen molar-refractivity contribution in [2.24, 2.45) is 0 Å². The summed E-state index contributed by atoms with van der Waals surface area (Å²) in [6.45, 7) is 3.71. The molecule has 4 nitrogen and oxygen atoms in total. The van der Waals surface area contributed by atoms with Crippen molar-refractivity contribution >= 4 is 21.9 Å². The molecular weight excluding hydrogens is 232 g/mol. The van der Waals surface area contributed by atoms with Crippen LogP contribution in [-0.2, 0) is 6.42 Å². The van der Waals surface area contributed by atoms with Crippen LogP contribution in [0, 0.1) is 0 Å². The molecule has 0 bridgehead atoms. The van der Waals surface area contributed by atoms with Gasteiger partial charge in [-0.1, -0.05) is 6.08 Å². The predicted octanol–water partition coefficient (Wildman–Crippen LogP) is 2.97. The largest absolute Gasteiger partial charge is 0.502 e. The van der Waals surface area contributed by atoms with Crippen molar-refractivity contribution in [2.45, 2.75) is 6.42 Å². The summed E-state index contributed by atoms with van der Waals surface area (Å²) in [6, 6.07) is 4.75. The van der Waals surface area contributed by atoms with E-state index >= 15 is 0 Å². The number of fused-ring (bicyclic) bond motifs is 2. The van der Waals surface area contributed by atoms with Gasteiger partial charge in [-0.25, -0.2) is 4.79 Å². The molecule has 0 amide bonds. The Hall–Kier alpha value is -2.49. The third kappa shape index (κ3) is 1.35. The van der Waals surface area contributed by atoms with Gasteiger partial charge in [-0.15, -0.1) is 6.58 Å². The maximum absolute atomic E-state index is 11.3. The van der Waals surface area contributed by atoms with E-state index in [2.05, 4.69) is 6.58 Å². The van der Waals surface area contributed by atoms with Gasteiger partial charge in [0.05, 0.1) is 6.26 Å². The topological polar surface area (TPSA) is 63.6 Å². The first-order chi connectivity index (χ1) is 8.72. The maximum Gasteiger partial charge on any atom is 0.336 e. The van der Waals surface area contributed by atoms with E-state index in [0.29, 0.717) is 17.4 Å². The second-order valence-electron chi connectivity index (χ2n) is 3.98. The lowest BCUT2D eigenvalue weighted by molar-refractivity contribution is 0.449. The molecular formula is C14H10O4. The summed E-state index contributed by atoms with van der Waals surface area (Å²) < 4.78 is 10.3. The van der Waals surface area contributed by atoms with E-state index in [1.165, 1.54) is 12.3 Å². The Balaban J connectivity index is 2.59. The number of hydrogen-bond donors (Lipinski definition) is 1. The first-order valence-electron chi connectivity index (χ1n) is 5.48. The quantitative estimate of drug-likeness (QED) is 0.554. The van der Waals surface area contributed by atoms with Crippen LogP contribution in [0.2, 0.25) is 0 Å². The predicted molar refractivity (Wildman–Crippen MR) is 67.8 cm³/mol. The standard InChI is InChI=1S/C14H10O4/c1-2-3-8-9-4-5-11(15)18-14(9)12(16)13-10(8)6-7-17-13/h2,4-7,16H,1,3H2. The third-order valence-electron chi connectivity index (χ3n) is 2.93. The van der Waals surface area contributed by atoms with Gasteiger partial charge in [-0.3, -0.25) is 0 Å². The van der Waals surface area contributed by atoms with Gasteiger partial charge in [0, 0.05) is 16.8 Å². The number of aromatic hydroxyl groups is 1. The van der Waals surface area contributed by atoms with Crippen molar-refractivity contribution in [3.8, 4) is 5.75 Å². The van der Waals surface area contributed by atoms with Crippen molar-refractivity contribution in [1.82, 2.24) is 0 Å². The Bertz CT molecular complexity index is 808. The van der Waals surface area contributed by atoms with Gasteiger partial charge in [0.2, 0.25) is 5.75 Å². The summed E-state index contributed by atoms with van der Waals surface area (Å²) in [6.07, 6.45) is 3.85. The van der Waals surface area contributed by atoms with E-state index < -0.39 is 5.63 Å². The highest BCUT2D eigenvalue weighted by molar-refractivity contribution is 6.03.